The third-order valence-corrected chi connectivity index (χ3v) is 7.21. The zero-order valence-electron chi connectivity index (χ0n) is 16.8. The van der Waals surface area contributed by atoms with Crippen LogP contribution in [-0.2, 0) is 10.0 Å². The average molecular weight is 414 g/mol. The van der Waals surface area contributed by atoms with E-state index in [0.717, 1.165) is 16.7 Å². The fourth-order valence-corrected chi connectivity index (χ4v) is 5.18. The second-order valence-corrected chi connectivity index (χ2v) is 9.36. The number of hydrogen-bond donors (Lipinski definition) is 0. The van der Waals surface area contributed by atoms with Crippen LogP contribution in [0.3, 0.4) is 0 Å². The summed E-state index contributed by atoms with van der Waals surface area (Å²) < 4.78 is 28.0. The molecule has 150 valence electrons. The normalized spacial score (nSPS) is 14.0. The fourth-order valence-electron chi connectivity index (χ4n) is 3.81. The van der Waals surface area contributed by atoms with Crippen molar-refractivity contribution in [1.29, 1.82) is 0 Å². The predicted octanol–water partition coefficient (Wildman–Crippen LogP) is 4.86. The van der Waals surface area contributed by atoms with Gasteiger partial charge in [-0.05, 0) is 41.3 Å². The van der Waals surface area contributed by atoms with E-state index in [-0.39, 0.29) is 17.4 Å². The molecule has 1 aliphatic rings. The van der Waals surface area contributed by atoms with E-state index in [2.05, 4.69) is 30.2 Å². The summed E-state index contributed by atoms with van der Waals surface area (Å²) in [4.78, 5) is 0.270. The van der Waals surface area contributed by atoms with Crippen LogP contribution in [0.2, 0.25) is 0 Å². The van der Waals surface area contributed by atoms with Gasteiger partial charge in [0.2, 0.25) is 10.0 Å². The lowest BCUT2D eigenvalue weighted by atomic mass is 10.1. The zero-order chi connectivity index (χ0) is 21.1. The highest BCUT2D eigenvalue weighted by molar-refractivity contribution is 7.89. The van der Waals surface area contributed by atoms with Gasteiger partial charge in [-0.15, -0.1) is 6.42 Å². The quantitative estimate of drug-likeness (QED) is 0.519. The van der Waals surface area contributed by atoms with Crippen molar-refractivity contribution in [3.63, 3.8) is 0 Å². The molecule has 1 aliphatic carbocycles. The highest BCUT2D eigenvalue weighted by atomic mass is 32.2. The molecule has 0 bridgehead atoms. The first kappa shape index (κ1) is 20.2. The maximum absolute atomic E-state index is 13.3. The second kappa shape index (κ2) is 8.31. The fraction of sp³-hybridized carbons (Fsp3) is 0.154. The van der Waals surface area contributed by atoms with Crippen molar-refractivity contribution in [2.24, 2.45) is 5.92 Å². The topological polar surface area (TPSA) is 37.4 Å². The Bertz CT molecular complexity index is 1160. The van der Waals surface area contributed by atoms with Gasteiger partial charge in [-0.1, -0.05) is 84.3 Å². The molecule has 0 saturated heterocycles. The van der Waals surface area contributed by atoms with E-state index in [9.17, 15) is 8.42 Å². The molecule has 0 aromatic heterocycles. The van der Waals surface area contributed by atoms with Crippen molar-refractivity contribution in [3.8, 4) is 12.3 Å². The van der Waals surface area contributed by atoms with Crippen LogP contribution in [0, 0.1) is 25.2 Å². The summed E-state index contributed by atoms with van der Waals surface area (Å²) in [6.07, 6.45) is 5.55. The molecule has 0 spiro atoms. The molecule has 0 saturated carbocycles. The standard InChI is InChI=1S/C26H23NO2S/c1-3-18-27(30(28,29)23-16-14-20(2)15-17-23)19-24-25(21-10-6-4-7-11-21)26(24)22-12-8-5-9-13-22/h1,4-17,24H,18-19H2,2H3. The summed E-state index contributed by atoms with van der Waals surface area (Å²) in [5, 5.41) is 0. The summed E-state index contributed by atoms with van der Waals surface area (Å²) >= 11 is 0. The first-order valence-electron chi connectivity index (χ1n) is 9.87. The van der Waals surface area contributed by atoms with Crippen molar-refractivity contribution in [2.75, 3.05) is 13.1 Å². The number of benzene rings is 3. The zero-order valence-corrected chi connectivity index (χ0v) is 17.6. The Balaban J connectivity index is 1.67. The predicted molar refractivity (Wildman–Crippen MR) is 122 cm³/mol. The van der Waals surface area contributed by atoms with Crippen LogP contribution in [0.15, 0.2) is 89.8 Å². The Kier molecular flexibility index (Phi) is 5.59. The summed E-state index contributed by atoms with van der Waals surface area (Å²) in [7, 11) is -3.68. The van der Waals surface area contributed by atoms with Crippen LogP contribution >= 0.6 is 0 Å². The van der Waals surface area contributed by atoms with Gasteiger partial charge in [-0.25, -0.2) is 8.42 Å². The maximum atomic E-state index is 13.3. The molecule has 3 aromatic rings. The largest absolute Gasteiger partial charge is 0.243 e. The maximum Gasteiger partial charge on any atom is 0.243 e. The van der Waals surface area contributed by atoms with Crippen LogP contribution in [-0.4, -0.2) is 25.8 Å². The van der Waals surface area contributed by atoms with Crippen LogP contribution < -0.4 is 0 Å². The highest BCUT2D eigenvalue weighted by Crippen LogP contribution is 2.53. The van der Waals surface area contributed by atoms with E-state index in [1.165, 1.54) is 15.5 Å². The lowest BCUT2D eigenvalue weighted by Gasteiger charge is -2.21. The Morgan fingerprint density at radius 2 is 1.33 bits per heavy atom. The molecular formula is C26H23NO2S. The Morgan fingerprint density at radius 1 is 0.833 bits per heavy atom. The van der Waals surface area contributed by atoms with E-state index in [1.54, 1.807) is 24.3 Å². The van der Waals surface area contributed by atoms with Gasteiger partial charge in [-0.2, -0.15) is 4.31 Å². The highest BCUT2D eigenvalue weighted by Gasteiger charge is 2.41. The Labute approximate surface area is 178 Å². The van der Waals surface area contributed by atoms with Crippen molar-refractivity contribution in [3.05, 3.63) is 102 Å². The molecule has 4 heteroatoms. The van der Waals surface area contributed by atoms with E-state index < -0.39 is 10.0 Å². The number of aryl methyl sites for hydroxylation is 1. The molecule has 30 heavy (non-hydrogen) atoms. The van der Waals surface area contributed by atoms with Crippen molar-refractivity contribution >= 4 is 21.2 Å². The van der Waals surface area contributed by atoms with Gasteiger partial charge in [0, 0.05) is 12.5 Å². The minimum absolute atomic E-state index is 0.0170. The first-order chi connectivity index (χ1) is 14.5. The third-order valence-electron chi connectivity index (χ3n) is 5.39. The van der Waals surface area contributed by atoms with Crippen molar-refractivity contribution < 1.29 is 8.42 Å². The molecule has 3 aromatic carbocycles. The van der Waals surface area contributed by atoms with Gasteiger partial charge in [0.15, 0.2) is 0 Å². The van der Waals surface area contributed by atoms with Gasteiger partial charge < -0.3 is 0 Å². The molecule has 0 heterocycles. The van der Waals surface area contributed by atoms with Gasteiger partial charge in [0.25, 0.3) is 0 Å². The molecule has 0 unspecified atom stereocenters. The first-order valence-corrected chi connectivity index (χ1v) is 11.3. The third kappa shape index (κ3) is 3.95. The molecule has 0 radical (unpaired) electrons. The van der Waals surface area contributed by atoms with E-state index in [1.807, 2.05) is 43.3 Å². The molecular weight excluding hydrogens is 390 g/mol. The Morgan fingerprint density at radius 3 is 1.80 bits per heavy atom. The molecule has 3 nitrogen and oxygen atoms in total. The monoisotopic (exact) mass is 413 g/mol. The lowest BCUT2D eigenvalue weighted by Crippen LogP contribution is -2.34. The summed E-state index contributed by atoms with van der Waals surface area (Å²) in [6.45, 7) is 2.30. The molecule has 0 aliphatic heterocycles. The summed E-state index contributed by atoms with van der Waals surface area (Å²) in [5.41, 5.74) is 5.62. The molecule has 0 atom stereocenters. The minimum atomic E-state index is -3.68. The van der Waals surface area contributed by atoms with Crippen LogP contribution in [0.1, 0.15) is 16.7 Å². The second-order valence-electron chi connectivity index (χ2n) is 7.43. The Hall–Kier alpha value is -3.13. The SMILES string of the molecule is C#CCN(CC1C(c2ccccc2)=C1c1ccccc1)S(=O)(=O)c1ccc(C)cc1. The lowest BCUT2D eigenvalue weighted by molar-refractivity contribution is 0.442. The van der Waals surface area contributed by atoms with E-state index in [0.29, 0.717) is 6.54 Å². The number of rotatable bonds is 7. The van der Waals surface area contributed by atoms with Gasteiger partial charge in [0.05, 0.1) is 11.4 Å². The number of terminal acetylenes is 1. The number of hydrogen-bond acceptors (Lipinski definition) is 2. The van der Waals surface area contributed by atoms with Crippen LogP contribution in [0.5, 0.6) is 0 Å². The number of sulfonamides is 1. The summed E-state index contributed by atoms with van der Waals surface area (Å²) in [5.74, 6) is 2.54. The van der Waals surface area contributed by atoms with Crippen molar-refractivity contribution in [2.45, 2.75) is 11.8 Å². The van der Waals surface area contributed by atoms with E-state index >= 15 is 0 Å². The number of nitrogens with zero attached hydrogens (tertiary/aromatic N) is 1. The molecule has 0 fully saturated rings. The minimum Gasteiger partial charge on any atom is -0.207 e. The van der Waals surface area contributed by atoms with Gasteiger partial charge in [-0.3, -0.25) is 0 Å². The van der Waals surface area contributed by atoms with Gasteiger partial charge >= 0.3 is 0 Å². The average Bonchev–Trinajstić information content (AvgIpc) is 3.49. The van der Waals surface area contributed by atoms with Crippen LogP contribution in [0.4, 0.5) is 0 Å². The van der Waals surface area contributed by atoms with Crippen LogP contribution in [0.25, 0.3) is 11.1 Å². The smallest absolute Gasteiger partial charge is 0.207 e. The van der Waals surface area contributed by atoms with Gasteiger partial charge in [0.1, 0.15) is 0 Å². The molecule has 4 rings (SSSR count). The molecule has 0 amide bonds. The summed E-state index contributed by atoms with van der Waals surface area (Å²) in [6, 6.07) is 27.1. The van der Waals surface area contributed by atoms with E-state index in [4.69, 9.17) is 6.42 Å². The molecule has 0 N–H and O–H groups in total. The van der Waals surface area contributed by atoms with Crippen molar-refractivity contribution in [1.82, 2.24) is 4.31 Å².